The highest BCUT2D eigenvalue weighted by Crippen LogP contribution is 2.31. The first-order chi connectivity index (χ1) is 12.5. The lowest BCUT2D eigenvalue weighted by Gasteiger charge is -2.17. The molecule has 1 amide bonds. The maximum Gasteiger partial charge on any atom is 0.274 e. The quantitative estimate of drug-likeness (QED) is 0.683. The lowest BCUT2D eigenvalue weighted by molar-refractivity contribution is 0.0779. The first-order valence-corrected chi connectivity index (χ1v) is 8.62. The van der Waals surface area contributed by atoms with Gasteiger partial charge in [0.25, 0.3) is 5.91 Å². The Labute approximate surface area is 161 Å². The lowest BCUT2D eigenvalue weighted by Crippen LogP contribution is -2.27. The average Bonchev–Trinajstić information content (AvgIpc) is 2.65. The number of carbonyl (C=O) groups is 1. The van der Waals surface area contributed by atoms with Crippen molar-refractivity contribution in [1.29, 1.82) is 0 Å². The number of hydrogen-bond donors (Lipinski definition) is 1. The molecule has 3 rings (SSSR count). The minimum atomic E-state index is -0.205. The number of benzene rings is 2. The fraction of sp³-hybridized carbons (Fsp3) is 0.105. The summed E-state index contributed by atoms with van der Waals surface area (Å²) in [5, 5.41) is 3.96. The third kappa shape index (κ3) is 4.31. The number of aromatic nitrogens is 2. The van der Waals surface area contributed by atoms with Gasteiger partial charge >= 0.3 is 0 Å². The molecule has 0 aliphatic rings. The molecule has 1 N–H and O–H groups in total. The van der Waals surface area contributed by atoms with E-state index in [0.29, 0.717) is 28.1 Å². The third-order valence-electron chi connectivity index (χ3n) is 3.70. The van der Waals surface area contributed by atoms with Crippen molar-refractivity contribution in [2.45, 2.75) is 6.54 Å². The van der Waals surface area contributed by atoms with Crippen molar-refractivity contribution in [2.24, 2.45) is 0 Å². The zero-order valence-electron chi connectivity index (χ0n) is 14.0. The van der Waals surface area contributed by atoms with Crippen LogP contribution >= 0.6 is 23.2 Å². The van der Waals surface area contributed by atoms with E-state index in [2.05, 4.69) is 15.3 Å². The van der Waals surface area contributed by atoms with Crippen molar-refractivity contribution in [3.05, 3.63) is 82.2 Å². The SMILES string of the molecule is CN(Cc1ccccc1)C(=O)c1cnc(Nc2c(Cl)cccc2Cl)cn1. The van der Waals surface area contributed by atoms with Gasteiger partial charge in [-0.3, -0.25) is 4.79 Å². The van der Waals surface area contributed by atoms with Crippen molar-refractivity contribution < 1.29 is 4.79 Å². The highest BCUT2D eigenvalue weighted by Gasteiger charge is 2.14. The summed E-state index contributed by atoms with van der Waals surface area (Å²) >= 11 is 12.2. The third-order valence-corrected chi connectivity index (χ3v) is 4.33. The Morgan fingerprint density at radius 1 is 1.00 bits per heavy atom. The van der Waals surface area contributed by atoms with Gasteiger partial charge in [-0.1, -0.05) is 59.6 Å². The molecule has 0 aliphatic carbocycles. The number of nitrogens with zero attached hydrogens (tertiary/aromatic N) is 3. The molecule has 0 unspecified atom stereocenters. The Morgan fingerprint density at radius 3 is 2.31 bits per heavy atom. The van der Waals surface area contributed by atoms with Crippen molar-refractivity contribution in [3.8, 4) is 0 Å². The van der Waals surface area contributed by atoms with E-state index in [1.165, 1.54) is 12.4 Å². The molecule has 0 radical (unpaired) electrons. The molecule has 1 heterocycles. The van der Waals surface area contributed by atoms with Gasteiger partial charge in [-0.25, -0.2) is 9.97 Å². The van der Waals surface area contributed by atoms with Crippen LogP contribution in [0.15, 0.2) is 60.9 Å². The van der Waals surface area contributed by atoms with E-state index in [9.17, 15) is 4.79 Å². The molecular formula is C19H16Cl2N4O. The van der Waals surface area contributed by atoms with Crippen LogP contribution in [0.3, 0.4) is 0 Å². The van der Waals surface area contributed by atoms with Crippen molar-refractivity contribution in [1.82, 2.24) is 14.9 Å². The van der Waals surface area contributed by atoms with E-state index in [4.69, 9.17) is 23.2 Å². The van der Waals surface area contributed by atoms with E-state index in [0.717, 1.165) is 5.56 Å². The van der Waals surface area contributed by atoms with Crippen LogP contribution in [0.4, 0.5) is 11.5 Å². The number of halogens is 2. The molecule has 0 bridgehead atoms. The average molecular weight is 387 g/mol. The second-order valence-electron chi connectivity index (χ2n) is 5.66. The van der Waals surface area contributed by atoms with Gasteiger partial charge in [0.15, 0.2) is 0 Å². The number of carbonyl (C=O) groups excluding carboxylic acids is 1. The topological polar surface area (TPSA) is 58.1 Å². The van der Waals surface area contributed by atoms with E-state index in [-0.39, 0.29) is 11.6 Å². The Balaban J connectivity index is 1.70. The smallest absolute Gasteiger partial charge is 0.274 e. The van der Waals surface area contributed by atoms with E-state index < -0.39 is 0 Å². The van der Waals surface area contributed by atoms with Gasteiger partial charge in [0.2, 0.25) is 0 Å². The summed E-state index contributed by atoms with van der Waals surface area (Å²) in [5.41, 5.74) is 1.85. The number of rotatable bonds is 5. The van der Waals surface area contributed by atoms with Crippen LogP contribution in [0, 0.1) is 0 Å². The molecule has 5 nitrogen and oxygen atoms in total. The fourth-order valence-corrected chi connectivity index (χ4v) is 2.86. The Bertz CT molecular complexity index is 881. The summed E-state index contributed by atoms with van der Waals surface area (Å²) in [5.74, 6) is 0.242. The Kier molecular flexibility index (Phi) is 5.71. The van der Waals surface area contributed by atoms with Gasteiger partial charge in [0.1, 0.15) is 11.5 Å². The summed E-state index contributed by atoms with van der Waals surface area (Å²) in [6.45, 7) is 0.497. The minimum absolute atomic E-state index is 0.205. The monoisotopic (exact) mass is 386 g/mol. The van der Waals surface area contributed by atoms with E-state index in [1.807, 2.05) is 30.3 Å². The Morgan fingerprint density at radius 2 is 1.69 bits per heavy atom. The van der Waals surface area contributed by atoms with Gasteiger partial charge in [0, 0.05) is 13.6 Å². The predicted molar refractivity (Wildman–Crippen MR) is 104 cm³/mol. The standard InChI is InChI=1S/C19H16Cl2N4O/c1-25(12-13-6-3-2-4-7-13)19(26)16-10-23-17(11-22-16)24-18-14(20)8-5-9-15(18)21/h2-11H,12H2,1H3,(H,23,24). The molecular weight excluding hydrogens is 371 g/mol. The number of para-hydroxylation sites is 1. The zero-order chi connectivity index (χ0) is 18.5. The molecule has 0 fully saturated rings. The largest absolute Gasteiger partial charge is 0.337 e. The van der Waals surface area contributed by atoms with Crippen LogP contribution in [0.25, 0.3) is 0 Å². The molecule has 26 heavy (non-hydrogen) atoms. The van der Waals surface area contributed by atoms with Gasteiger partial charge < -0.3 is 10.2 Å². The molecule has 132 valence electrons. The highest BCUT2D eigenvalue weighted by molar-refractivity contribution is 6.39. The molecule has 3 aromatic rings. The number of nitrogens with one attached hydrogen (secondary N) is 1. The summed E-state index contributed by atoms with van der Waals surface area (Å²) in [7, 11) is 1.73. The first kappa shape index (κ1) is 18.2. The lowest BCUT2D eigenvalue weighted by atomic mass is 10.2. The number of hydrogen-bond acceptors (Lipinski definition) is 4. The van der Waals surface area contributed by atoms with Gasteiger partial charge in [-0.15, -0.1) is 0 Å². The molecule has 2 aromatic carbocycles. The Hall–Kier alpha value is -2.63. The van der Waals surface area contributed by atoms with Gasteiger partial charge in [0.05, 0.1) is 28.1 Å². The number of anilines is 2. The maximum atomic E-state index is 12.5. The molecule has 7 heteroatoms. The fourth-order valence-electron chi connectivity index (χ4n) is 2.37. The second kappa shape index (κ2) is 8.17. The van der Waals surface area contributed by atoms with Gasteiger partial charge in [-0.05, 0) is 17.7 Å². The van der Waals surface area contributed by atoms with Gasteiger partial charge in [-0.2, -0.15) is 0 Å². The highest BCUT2D eigenvalue weighted by atomic mass is 35.5. The second-order valence-corrected chi connectivity index (χ2v) is 6.47. The van der Waals surface area contributed by atoms with Crippen LogP contribution in [0.2, 0.25) is 10.0 Å². The van der Waals surface area contributed by atoms with Crippen LogP contribution in [-0.4, -0.2) is 27.8 Å². The number of amides is 1. The predicted octanol–water partition coefficient (Wildman–Crippen LogP) is 4.80. The molecule has 0 atom stereocenters. The van der Waals surface area contributed by atoms with Crippen LogP contribution < -0.4 is 5.32 Å². The molecule has 0 saturated heterocycles. The van der Waals surface area contributed by atoms with Crippen LogP contribution in [-0.2, 0) is 6.54 Å². The summed E-state index contributed by atoms with van der Waals surface area (Å²) < 4.78 is 0. The minimum Gasteiger partial charge on any atom is -0.337 e. The summed E-state index contributed by atoms with van der Waals surface area (Å²) in [6.07, 6.45) is 2.90. The normalized spacial score (nSPS) is 10.4. The molecule has 1 aromatic heterocycles. The van der Waals surface area contributed by atoms with Crippen LogP contribution in [0.5, 0.6) is 0 Å². The molecule has 0 spiro atoms. The van der Waals surface area contributed by atoms with Crippen LogP contribution in [0.1, 0.15) is 16.1 Å². The maximum absolute atomic E-state index is 12.5. The first-order valence-electron chi connectivity index (χ1n) is 7.87. The summed E-state index contributed by atoms with van der Waals surface area (Å²) in [6, 6.07) is 15.0. The zero-order valence-corrected chi connectivity index (χ0v) is 15.5. The molecule has 0 aliphatic heterocycles. The van der Waals surface area contributed by atoms with E-state index >= 15 is 0 Å². The van der Waals surface area contributed by atoms with Crippen molar-refractivity contribution in [3.63, 3.8) is 0 Å². The van der Waals surface area contributed by atoms with Crippen molar-refractivity contribution >= 4 is 40.6 Å². The molecule has 0 saturated carbocycles. The van der Waals surface area contributed by atoms with E-state index in [1.54, 1.807) is 30.1 Å². The van der Waals surface area contributed by atoms with Crippen molar-refractivity contribution in [2.75, 3.05) is 12.4 Å². The summed E-state index contributed by atoms with van der Waals surface area (Å²) in [4.78, 5) is 22.5.